The van der Waals surface area contributed by atoms with Gasteiger partial charge < -0.3 is 21.3 Å². The van der Waals surface area contributed by atoms with E-state index in [-0.39, 0.29) is 13.2 Å². The average Bonchev–Trinajstić information content (AvgIpc) is 2.06. The van der Waals surface area contributed by atoms with Crippen molar-refractivity contribution < 1.29 is 10.2 Å². The molecule has 0 spiro atoms. The Morgan fingerprint density at radius 3 is 1.82 bits per heavy atom. The minimum atomic E-state index is 0.139. The van der Waals surface area contributed by atoms with E-state index in [4.69, 9.17) is 15.9 Å². The zero-order chi connectivity index (χ0) is 8.95. The molecule has 0 heterocycles. The molecular weight excluding hydrogens is 144 g/mol. The van der Waals surface area contributed by atoms with Crippen molar-refractivity contribution in [3.05, 3.63) is 12.7 Å². The van der Waals surface area contributed by atoms with Crippen molar-refractivity contribution in [3.8, 4) is 0 Å². The van der Waals surface area contributed by atoms with Crippen LogP contribution < -0.4 is 11.1 Å². The maximum absolute atomic E-state index is 8.15. The molecule has 0 aliphatic rings. The topological polar surface area (TPSA) is 78.5 Å². The van der Waals surface area contributed by atoms with E-state index < -0.39 is 0 Å². The summed E-state index contributed by atoms with van der Waals surface area (Å²) in [6.45, 7) is 5.36. The van der Waals surface area contributed by atoms with Crippen LogP contribution in [0.2, 0.25) is 0 Å². The lowest BCUT2D eigenvalue weighted by atomic mass is 10.6. The molecule has 0 saturated heterocycles. The normalized spacial score (nSPS) is 8.27. The van der Waals surface area contributed by atoms with Gasteiger partial charge in [0.15, 0.2) is 0 Å². The average molecular weight is 162 g/mol. The Balaban J connectivity index is 0. The van der Waals surface area contributed by atoms with Crippen LogP contribution in [0.4, 0.5) is 0 Å². The summed E-state index contributed by atoms with van der Waals surface area (Å²) in [6, 6.07) is 0. The molecule has 0 unspecified atom stereocenters. The van der Waals surface area contributed by atoms with Gasteiger partial charge in [-0.3, -0.25) is 0 Å². The van der Waals surface area contributed by atoms with Crippen molar-refractivity contribution >= 4 is 0 Å². The van der Waals surface area contributed by atoms with Gasteiger partial charge >= 0.3 is 0 Å². The molecule has 5 N–H and O–H groups in total. The zero-order valence-corrected chi connectivity index (χ0v) is 6.79. The second-order valence-corrected chi connectivity index (χ2v) is 1.72. The van der Waals surface area contributed by atoms with Gasteiger partial charge in [-0.1, -0.05) is 6.08 Å². The Kier molecular flexibility index (Phi) is 19.5. The van der Waals surface area contributed by atoms with E-state index in [1.54, 1.807) is 6.08 Å². The van der Waals surface area contributed by atoms with Crippen LogP contribution in [0.1, 0.15) is 0 Å². The Hall–Kier alpha value is -0.420. The molecule has 0 radical (unpaired) electrons. The first-order chi connectivity index (χ1) is 5.33. The van der Waals surface area contributed by atoms with E-state index in [0.29, 0.717) is 19.6 Å². The summed E-state index contributed by atoms with van der Waals surface area (Å²) in [5.74, 6) is 0. The summed E-state index contributed by atoms with van der Waals surface area (Å²) in [5, 5.41) is 19.1. The first-order valence-corrected chi connectivity index (χ1v) is 3.56. The minimum absolute atomic E-state index is 0.139. The minimum Gasteiger partial charge on any atom is -0.395 e. The van der Waals surface area contributed by atoms with Gasteiger partial charge in [-0.05, 0) is 0 Å². The molecule has 4 heteroatoms. The SMILES string of the molecule is C=CCN.OCCNCCO. The van der Waals surface area contributed by atoms with Gasteiger partial charge in [0.25, 0.3) is 0 Å². The smallest absolute Gasteiger partial charge is 0.0555 e. The molecule has 0 amide bonds. The quantitative estimate of drug-likeness (QED) is 0.299. The van der Waals surface area contributed by atoms with E-state index >= 15 is 0 Å². The molecular formula is C7H18N2O2. The standard InChI is InChI=1S/C4H11NO2.C3H7N/c6-3-1-5-2-4-7;1-2-3-4/h5-7H,1-4H2;2H,1,3-4H2. The Labute approximate surface area is 67.7 Å². The first-order valence-electron chi connectivity index (χ1n) is 3.56. The van der Waals surface area contributed by atoms with Gasteiger partial charge in [0.05, 0.1) is 13.2 Å². The fourth-order valence-electron chi connectivity index (χ4n) is 0.283. The van der Waals surface area contributed by atoms with E-state index in [0.717, 1.165) is 0 Å². The predicted molar refractivity (Wildman–Crippen MR) is 46.3 cm³/mol. The predicted octanol–water partition coefficient (Wildman–Crippen LogP) is -1.31. The number of nitrogens with one attached hydrogen (secondary N) is 1. The summed E-state index contributed by atoms with van der Waals surface area (Å²) in [7, 11) is 0. The fraction of sp³-hybridized carbons (Fsp3) is 0.714. The molecule has 0 aliphatic carbocycles. The highest BCUT2D eigenvalue weighted by Gasteiger charge is 1.78. The van der Waals surface area contributed by atoms with Gasteiger partial charge in [0.1, 0.15) is 0 Å². The summed E-state index contributed by atoms with van der Waals surface area (Å²) in [6.07, 6.45) is 1.65. The van der Waals surface area contributed by atoms with E-state index in [2.05, 4.69) is 11.9 Å². The van der Waals surface area contributed by atoms with Crippen molar-refractivity contribution in [2.45, 2.75) is 0 Å². The van der Waals surface area contributed by atoms with E-state index in [9.17, 15) is 0 Å². The van der Waals surface area contributed by atoms with Gasteiger partial charge in [0.2, 0.25) is 0 Å². The second kappa shape index (κ2) is 16.3. The Morgan fingerprint density at radius 2 is 1.64 bits per heavy atom. The van der Waals surface area contributed by atoms with Crippen molar-refractivity contribution in [1.29, 1.82) is 0 Å². The van der Waals surface area contributed by atoms with Crippen LogP contribution in [0.25, 0.3) is 0 Å². The number of aliphatic hydroxyl groups is 2. The van der Waals surface area contributed by atoms with Crippen molar-refractivity contribution in [2.24, 2.45) is 5.73 Å². The number of nitrogens with two attached hydrogens (primary N) is 1. The molecule has 68 valence electrons. The molecule has 0 atom stereocenters. The highest BCUT2D eigenvalue weighted by molar-refractivity contribution is 4.64. The Bertz CT molecular complexity index is 65.5. The summed E-state index contributed by atoms with van der Waals surface area (Å²) < 4.78 is 0. The summed E-state index contributed by atoms with van der Waals surface area (Å²) >= 11 is 0. The lowest BCUT2D eigenvalue weighted by Gasteiger charge is -1.94. The van der Waals surface area contributed by atoms with Crippen molar-refractivity contribution in [2.75, 3.05) is 32.8 Å². The van der Waals surface area contributed by atoms with Crippen LogP contribution in [0.3, 0.4) is 0 Å². The van der Waals surface area contributed by atoms with E-state index in [1.165, 1.54) is 0 Å². The van der Waals surface area contributed by atoms with Crippen molar-refractivity contribution in [3.63, 3.8) is 0 Å². The van der Waals surface area contributed by atoms with Crippen LogP contribution in [0.15, 0.2) is 12.7 Å². The van der Waals surface area contributed by atoms with Gasteiger partial charge in [-0.25, -0.2) is 0 Å². The number of hydrogen-bond donors (Lipinski definition) is 4. The molecule has 11 heavy (non-hydrogen) atoms. The van der Waals surface area contributed by atoms with E-state index in [1.807, 2.05) is 0 Å². The van der Waals surface area contributed by atoms with Gasteiger partial charge in [0, 0.05) is 19.6 Å². The van der Waals surface area contributed by atoms with Gasteiger partial charge in [-0.2, -0.15) is 0 Å². The maximum atomic E-state index is 8.15. The van der Waals surface area contributed by atoms with Crippen LogP contribution in [-0.2, 0) is 0 Å². The molecule has 0 rings (SSSR count). The molecule has 0 aromatic heterocycles. The molecule has 4 nitrogen and oxygen atoms in total. The van der Waals surface area contributed by atoms with Crippen LogP contribution >= 0.6 is 0 Å². The highest BCUT2D eigenvalue weighted by Crippen LogP contribution is 1.54. The number of rotatable bonds is 5. The van der Waals surface area contributed by atoms with Crippen LogP contribution in [0, 0.1) is 0 Å². The summed E-state index contributed by atoms with van der Waals surface area (Å²) in [4.78, 5) is 0. The lowest BCUT2D eigenvalue weighted by Crippen LogP contribution is -2.21. The summed E-state index contributed by atoms with van der Waals surface area (Å²) in [5.41, 5.74) is 4.91. The number of hydrogen-bond acceptors (Lipinski definition) is 4. The molecule has 0 aliphatic heterocycles. The second-order valence-electron chi connectivity index (χ2n) is 1.72. The number of aliphatic hydroxyl groups excluding tert-OH is 2. The third kappa shape index (κ3) is 26.2. The molecule has 0 fully saturated rings. The lowest BCUT2D eigenvalue weighted by molar-refractivity contribution is 0.267. The maximum Gasteiger partial charge on any atom is 0.0555 e. The van der Waals surface area contributed by atoms with Crippen LogP contribution in [0.5, 0.6) is 0 Å². The largest absolute Gasteiger partial charge is 0.395 e. The fourth-order valence-corrected chi connectivity index (χ4v) is 0.283. The third-order valence-corrected chi connectivity index (χ3v) is 0.744. The Morgan fingerprint density at radius 1 is 1.27 bits per heavy atom. The first kappa shape index (κ1) is 13.2. The molecule has 0 aromatic rings. The molecule has 0 aromatic carbocycles. The molecule has 0 bridgehead atoms. The monoisotopic (exact) mass is 162 g/mol. The molecule has 0 saturated carbocycles. The zero-order valence-electron chi connectivity index (χ0n) is 6.79. The van der Waals surface area contributed by atoms with Crippen molar-refractivity contribution in [1.82, 2.24) is 5.32 Å². The van der Waals surface area contributed by atoms with Crippen LogP contribution in [-0.4, -0.2) is 43.1 Å². The van der Waals surface area contributed by atoms with Gasteiger partial charge in [-0.15, -0.1) is 6.58 Å². The third-order valence-electron chi connectivity index (χ3n) is 0.744. The highest BCUT2D eigenvalue weighted by atomic mass is 16.3.